The number of anilines is 1. The van der Waals surface area contributed by atoms with Crippen LogP contribution in [0, 0.1) is 0 Å². The summed E-state index contributed by atoms with van der Waals surface area (Å²) in [4.78, 5) is 12.3. The average Bonchev–Trinajstić information content (AvgIpc) is 3.14. The van der Waals surface area contributed by atoms with E-state index in [9.17, 15) is 4.79 Å². The van der Waals surface area contributed by atoms with Crippen molar-refractivity contribution in [2.45, 2.75) is 62.8 Å². The predicted molar refractivity (Wildman–Crippen MR) is 114 cm³/mol. The largest absolute Gasteiger partial charge is 0.360 e. The first-order valence-corrected chi connectivity index (χ1v) is 11.6. The van der Waals surface area contributed by atoms with Crippen LogP contribution in [-0.4, -0.2) is 28.4 Å². The number of aromatic nitrogens is 2. The SMILES string of the molecule is CCCCNc1nnc(SCC(=O)NC(C)c2ccc3c(c2)CCCC3)s1. The second-order valence-corrected chi connectivity index (χ2v) is 9.17. The Hall–Kier alpha value is -1.60. The van der Waals surface area contributed by atoms with Gasteiger partial charge in [-0.3, -0.25) is 4.79 Å². The minimum absolute atomic E-state index is 0.0195. The zero-order chi connectivity index (χ0) is 19.1. The number of aryl methyl sites for hydroxylation is 2. The zero-order valence-electron chi connectivity index (χ0n) is 16.1. The summed E-state index contributed by atoms with van der Waals surface area (Å²) in [6.07, 6.45) is 7.17. The quantitative estimate of drug-likeness (QED) is 0.472. The monoisotopic (exact) mass is 404 g/mol. The Balaban J connectivity index is 1.46. The summed E-state index contributed by atoms with van der Waals surface area (Å²) in [5, 5.41) is 15.5. The molecule has 146 valence electrons. The number of benzene rings is 1. The normalized spacial score (nSPS) is 14.4. The zero-order valence-corrected chi connectivity index (χ0v) is 17.7. The van der Waals surface area contributed by atoms with Crippen LogP contribution in [0.5, 0.6) is 0 Å². The molecule has 0 saturated heterocycles. The van der Waals surface area contributed by atoms with Crippen molar-refractivity contribution in [2.75, 3.05) is 17.6 Å². The fraction of sp³-hybridized carbons (Fsp3) is 0.550. The van der Waals surface area contributed by atoms with Crippen molar-refractivity contribution < 1.29 is 4.79 Å². The molecule has 7 heteroatoms. The van der Waals surface area contributed by atoms with Gasteiger partial charge < -0.3 is 10.6 Å². The lowest BCUT2D eigenvalue weighted by Crippen LogP contribution is -2.28. The van der Waals surface area contributed by atoms with E-state index in [1.807, 2.05) is 6.92 Å². The van der Waals surface area contributed by atoms with E-state index in [0.717, 1.165) is 35.3 Å². The first-order chi connectivity index (χ1) is 13.2. The van der Waals surface area contributed by atoms with Crippen LogP contribution < -0.4 is 10.6 Å². The summed E-state index contributed by atoms with van der Waals surface area (Å²) in [6.45, 7) is 5.12. The maximum absolute atomic E-state index is 12.3. The second-order valence-electron chi connectivity index (χ2n) is 6.97. The molecule has 1 aliphatic rings. The highest BCUT2D eigenvalue weighted by molar-refractivity contribution is 8.01. The number of nitrogens with one attached hydrogen (secondary N) is 2. The van der Waals surface area contributed by atoms with Gasteiger partial charge in [-0.15, -0.1) is 10.2 Å². The molecule has 0 radical (unpaired) electrons. The van der Waals surface area contributed by atoms with Crippen molar-refractivity contribution in [3.8, 4) is 0 Å². The van der Waals surface area contributed by atoms with Crippen LogP contribution in [0.25, 0.3) is 0 Å². The molecule has 0 aliphatic heterocycles. The van der Waals surface area contributed by atoms with E-state index in [1.165, 1.54) is 59.1 Å². The summed E-state index contributed by atoms with van der Waals surface area (Å²) < 4.78 is 0.825. The fourth-order valence-corrected chi connectivity index (χ4v) is 4.82. The van der Waals surface area contributed by atoms with Gasteiger partial charge in [-0.2, -0.15) is 0 Å². The van der Waals surface area contributed by atoms with Crippen LogP contribution in [0.4, 0.5) is 5.13 Å². The van der Waals surface area contributed by atoms with Gasteiger partial charge in [0.25, 0.3) is 0 Å². The van der Waals surface area contributed by atoms with E-state index in [-0.39, 0.29) is 11.9 Å². The van der Waals surface area contributed by atoms with E-state index in [0.29, 0.717) is 5.75 Å². The number of thioether (sulfide) groups is 1. The van der Waals surface area contributed by atoms with Gasteiger partial charge in [0.15, 0.2) is 4.34 Å². The average molecular weight is 405 g/mol. The Morgan fingerprint density at radius 3 is 2.89 bits per heavy atom. The number of hydrogen-bond acceptors (Lipinski definition) is 6. The molecule has 27 heavy (non-hydrogen) atoms. The van der Waals surface area contributed by atoms with Gasteiger partial charge in [0.2, 0.25) is 11.0 Å². The molecule has 1 aromatic carbocycles. The minimum Gasteiger partial charge on any atom is -0.360 e. The van der Waals surface area contributed by atoms with Crippen LogP contribution in [0.2, 0.25) is 0 Å². The number of rotatable bonds is 9. The molecule has 0 fully saturated rings. The lowest BCUT2D eigenvalue weighted by molar-refractivity contribution is -0.119. The van der Waals surface area contributed by atoms with Crippen molar-refractivity contribution >= 4 is 34.1 Å². The van der Waals surface area contributed by atoms with E-state index >= 15 is 0 Å². The number of carbonyl (C=O) groups excluding carboxylic acids is 1. The molecule has 1 atom stereocenters. The number of carbonyl (C=O) groups is 1. The first kappa shape index (κ1) is 20.1. The van der Waals surface area contributed by atoms with Crippen molar-refractivity contribution in [1.29, 1.82) is 0 Å². The third-order valence-corrected chi connectivity index (χ3v) is 6.80. The maximum Gasteiger partial charge on any atom is 0.230 e. The van der Waals surface area contributed by atoms with Crippen LogP contribution in [0.15, 0.2) is 22.5 Å². The summed E-state index contributed by atoms with van der Waals surface area (Å²) in [7, 11) is 0. The smallest absolute Gasteiger partial charge is 0.230 e. The summed E-state index contributed by atoms with van der Waals surface area (Å²) >= 11 is 2.95. The van der Waals surface area contributed by atoms with Gasteiger partial charge in [-0.25, -0.2) is 0 Å². The van der Waals surface area contributed by atoms with E-state index in [2.05, 4.69) is 46.0 Å². The highest BCUT2D eigenvalue weighted by Gasteiger charge is 2.15. The highest BCUT2D eigenvalue weighted by atomic mass is 32.2. The molecule has 5 nitrogen and oxygen atoms in total. The second kappa shape index (κ2) is 10.1. The standard InChI is InChI=1S/C20H28N4OS2/c1-3-4-11-21-19-23-24-20(27-19)26-13-18(25)22-14(2)16-10-9-15-7-5-6-8-17(15)12-16/h9-10,12,14H,3-8,11,13H2,1-2H3,(H,21,23)(H,22,25). The van der Waals surface area contributed by atoms with Gasteiger partial charge in [0.05, 0.1) is 11.8 Å². The molecule has 1 heterocycles. The molecule has 0 bridgehead atoms. The minimum atomic E-state index is 0.0195. The third-order valence-electron chi connectivity index (χ3n) is 4.79. The fourth-order valence-electron chi connectivity index (χ4n) is 3.23. The van der Waals surface area contributed by atoms with Gasteiger partial charge in [0, 0.05) is 6.54 Å². The van der Waals surface area contributed by atoms with Gasteiger partial charge in [-0.1, -0.05) is 54.6 Å². The van der Waals surface area contributed by atoms with E-state index in [4.69, 9.17) is 0 Å². The number of nitrogens with zero attached hydrogens (tertiary/aromatic N) is 2. The predicted octanol–water partition coefficient (Wildman–Crippen LogP) is 4.60. The molecular weight excluding hydrogens is 376 g/mol. The first-order valence-electron chi connectivity index (χ1n) is 9.77. The molecule has 1 aliphatic carbocycles. The summed E-state index contributed by atoms with van der Waals surface area (Å²) in [5.74, 6) is 0.389. The molecular formula is C20H28N4OS2. The number of unbranched alkanes of at least 4 members (excludes halogenated alkanes) is 1. The summed E-state index contributed by atoms with van der Waals surface area (Å²) in [6, 6.07) is 6.67. The molecule has 0 saturated carbocycles. The Kier molecular flexibility index (Phi) is 7.52. The van der Waals surface area contributed by atoms with Crippen LogP contribution in [0.3, 0.4) is 0 Å². The van der Waals surface area contributed by atoms with Crippen LogP contribution >= 0.6 is 23.1 Å². The third kappa shape index (κ3) is 5.94. The number of hydrogen-bond donors (Lipinski definition) is 2. The molecule has 1 aromatic heterocycles. The number of amides is 1. The Labute approximate surface area is 169 Å². The van der Waals surface area contributed by atoms with E-state index in [1.54, 1.807) is 0 Å². The van der Waals surface area contributed by atoms with Crippen molar-refractivity contribution in [3.63, 3.8) is 0 Å². The molecule has 3 rings (SSSR count). The van der Waals surface area contributed by atoms with Crippen LogP contribution in [0.1, 0.15) is 62.3 Å². The topological polar surface area (TPSA) is 66.9 Å². The Morgan fingerprint density at radius 1 is 1.26 bits per heavy atom. The number of fused-ring (bicyclic) bond motifs is 1. The van der Waals surface area contributed by atoms with Gasteiger partial charge in [0.1, 0.15) is 0 Å². The van der Waals surface area contributed by atoms with Gasteiger partial charge >= 0.3 is 0 Å². The lowest BCUT2D eigenvalue weighted by Gasteiger charge is -2.20. The Morgan fingerprint density at radius 2 is 2.07 bits per heavy atom. The van der Waals surface area contributed by atoms with Crippen molar-refractivity contribution in [2.24, 2.45) is 0 Å². The maximum atomic E-state index is 12.3. The van der Waals surface area contributed by atoms with Crippen molar-refractivity contribution in [3.05, 3.63) is 34.9 Å². The molecule has 2 N–H and O–H groups in total. The molecule has 1 unspecified atom stereocenters. The van der Waals surface area contributed by atoms with E-state index < -0.39 is 0 Å². The molecule has 2 aromatic rings. The molecule has 1 amide bonds. The lowest BCUT2D eigenvalue weighted by atomic mass is 9.89. The molecule has 0 spiro atoms. The van der Waals surface area contributed by atoms with Gasteiger partial charge in [-0.05, 0) is 55.7 Å². The van der Waals surface area contributed by atoms with Crippen molar-refractivity contribution in [1.82, 2.24) is 15.5 Å². The van der Waals surface area contributed by atoms with Crippen LogP contribution in [-0.2, 0) is 17.6 Å². The highest BCUT2D eigenvalue weighted by Crippen LogP contribution is 2.27. The Bertz CT molecular complexity index is 762. The summed E-state index contributed by atoms with van der Waals surface area (Å²) in [5.41, 5.74) is 4.11.